The summed E-state index contributed by atoms with van der Waals surface area (Å²) in [4.78, 5) is 22.9. The Bertz CT molecular complexity index is 1700. The Balaban J connectivity index is 1.42. The number of non-ortho nitro benzene ring substituents is 1. The summed E-state index contributed by atoms with van der Waals surface area (Å²) in [5.41, 5.74) is 5.43. The van der Waals surface area contributed by atoms with Crippen molar-refractivity contribution in [1.82, 2.24) is 9.78 Å². The molecular formula is C31H21N5O3. The van der Waals surface area contributed by atoms with Crippen LogP contribution in [0.4, 0.5) is 11.4 Å². The first kappa shape index (κ1) is 24.9. The van der Waals surface area contributed by atoms with E-state index in [1.807, 2.05) is 95.7 Å². The molecule has 0 unspecified atom stereocenters. The quantitative estimate of drug-likeness (QED) is 0.114. The van der Waals surface area contributed by atoms with Gasteiger partial charge in [-0.2, -0.15) is 10.4 Å². The largest absolute Gasteiger partial charge is 0.321 e. The predicted octanol–water partition coefficient (Wildman–Crippen LogP) is 6.66. The maximum Gasteiger partial charge on any atom is 0.269 e. The zero-order chi connectivity index (χ0) is 27.2. The van der Waals surface area contributed by atoms with Crippen LogP contribution in [-0.4, -0.2) is 20.6 Å². The summed E-state index contributed by atoms with van der Waals surface area (Å²) < 4.78 is 1.87. The summed E-state index contributed by atoms with van der Waals surface area (Å²) in [7, 11) is 0. The highest BCUT2D eigenvalue weighted by Gasteiger charge is 2.14. The number of amides is 1. The standard InChI is InChI=1S/C31H21N5O3/c32-21-25(31(37)33-26-13-17-28(18-14-26)36(38)39)19-22-11-15-27(16-12-22)35-30(24-9-5-2-6-10-24)20-29(34-35)23-7-3-1-4-8-23/h1-20H,(H,33,37)/b25-19+. The molecule has 0 aliphatic rings. The maximum absolute atomic E-state index is 12.6. The van der Waals surface area contributed by atoms with Gasteiger partial charge >= 0.3 is 0 Å². The number of nitrogens with one attached hydrogen (secondary N) is 1. The topological polar surface area (TPSA) is 114 Å². The highest BCUT2D eigenvalue weighted by atomic mass is 16.6. The van der Waals surface area contributed by atoms with Crippen molar-refractivity contribution in [2.75, 3.05) is 5.32 Å². The van der Waals surface area contributed by atoms with Gasteiger partial charge in [-0.3, -0.25) is 14.9 Å². The fourth-order valence-electron chi connectivity index (χ4n) is 4.03. The van der Waals surface area contributed by atoms with Gasteiger partial charge in [-0.25, -0.2) is 4.68 Å². The van der Waals surface area contributed by atoms with Crippen molar-refractivity contribution in [3.63, 3.8) is 0 Å². The van der Waals surface area contributed by atoms with Crippen molar-refractivity contribution >= 4 is 23.4 Å². The van der Waals surface area contributed by atoms with E-state index in [1.165, 1.54) is 30.3 Å². The summed E-state index contributed by atoms with van der Waals surface area (Å²) in [6.07, 6.45) is 1.49. The molecule has 4 aromatic carbocycles. The molecule has 5 aromatic rings. The van der Waals surface area contributed by atoms with Crippen molar-refractivity contribution in [3.05, 3.63) is 137 Å². The Morgan fingerprint density at radius 3 is 2.08 bits per heavy atom. The molecular weight excluding hydrogens is 490 g/mol. The molecule has 1 aromatic heterocycles. The Labute approximate surface area is 224 Å². The SMILES string of the molecule is N#C/C(=C\c1ccc(-n2nc(-c3ccccc3)cc2-c2ccccc2)cc1)C(=O)Nc1ccc([N+](=O)[O-])cc1. The molecule has 1 heterocycles. The van der Waals surface area contributed by atoms with Crippen LogP contribution in [0.25, 0.3) is 34.3 Å². The molecule has 39 heavy (non-hydrogen) atoms. The molecule has 8 nitrogen and oxygen atoms in total. The van der Waals surface area contributed by atoms with Crippen molar-refractivity contribution in [3.8, 4) is 34.3 Å². The van der Waals surface area contributed by atoms with E-state index in [0.717, 1.165) is 28.2 Å². The summed E-state index contributed by atoms with van der Waals surface area (Å²) in [5.74, 6) is -0.610. The number of rotatable bonds is 7. The van der Waals surface area contributed by atoms with E-state index in [0.29, 0.717) is 11.3 Å². The molecule has 0 spiro atoms. The van der Waals surface area contributed by atoms with Gasteiger partial charge in [-0.15, -0.1) is 0 Å². The number of hydrogen-bond acceptors (Lipinski definition) is 5. The zero-order valence-electron chi connectivity index (χ0n) is 20.6. The van der Waals surface area contributed by atoms with Gasteiger partial charge in [0.15, 0.2) is 0 Å². The molecule has 0 saturated carbocycles. The number of nitriles is 1. The van der Waals surface area contributed by atoms with Gasteiger partial charge in [-0.05, 0) is 42.0 Å². The second-order valence-electron chi connectivity index (χ2n) is 8.58. The van der Waals surface area contributed by atoms with E-state index in [1.54, 1.807) is 0 Å². The molecule has 0 radical (unpaired) electrons. The van der Waals surface area contributed by atoms with Gasteiger partial charge in [-0.1, -0.05) is 72.8 Å². The third kappa shape index (κ3) is 5.63. The second-order valence-corrected chi connectivity index (χ2v) is 8.58. The normalized spacial score (nSPS) is 11.0. The maximum atomic E-state index is 12.6. The first-order valence-electron chi connectivity index (χ1n) is 12.0. The zero-order valence-corrected chi connectivity index (χ0v) is 20.6. The van der Waals surface area contributed by atoms with Crippen LogP contribution in [0.15, 0.2) is 121 Å². The summed E-state index contributed by atoms with van der Waals surface area (Å²) in [5, 5.41) is 27.9. The Morgan fingerprint density at radius 2 is 1.49 bits per heavy atom. The van der Waals surface area contributed by atoms with Crippen LogP contribution in [0, 0.1) is 21.4 Å². The predicted molar refractivity (Wildman–Crippen MR) is 150 cm³/mol. The molecule has 0 bridgehead atoms. The lowest BCUT2D eigenvalue weighted by Crippen LogP contribution is -2.13. The fraction of sp³-hybridized carbons (Fsp3) is 0. The molecule has 0 atom stereocenters. The minimum absolute atomic E-state index is 0.0902. The highest BCUT2D eigenvalue weighted by Crippen LogP contribution is 2.29. The van der Waals surface area contributed by atoms with E-state index in [9.17, 15) is 20.2 Å². The average Bonchev–Trinajstić information content (AvgIpc) is 3.43. The number of nitrogens with zero attached hydrogens (tertiary/aromatic N) is 4. The summed E-state index contributed by atoms with van der Waals surface area (Å²) in [6, 6.07) is 36.7. The minimum atomic E-state index is -0.610. The van der Waals surface area contributed by atoms with Crippen molar-refractivity contribution < 1.29 is 9.72 Å². The molecule has 1 amide bonds. The van der Waals surface area contributed by atoms with Crippen LogP contribution in [0.3, 0.4) is 0 Å². The van der Waals surface area contributed by atoms with Crippen molar-refractivity contribution in [1.29, 1.82) is 5.26 Å². The number of hydrogen-bond donors (Lipinski definition) is 1. The average molecular weight is 512 g/mol. The first-order valence-corrected chi connectivity index (χ1v) is 12.0. The molecule has 0 saturated heterocycles. The lowest BCUT2D eigenvalue weighted by Gasteiger charge is -2.08. The van der Waals surface area contributed by atoms with Crippen LogP contribution in [0.5, 0.6) is 0 Å². The van der Waals surface area contributed by atoms with Crippen LogP contribution in [-0.2, 0) is 4.79 Å². The van der Waals surface area contributed by atoms with Gasteiger partial charge in [0, 0.05) is 28.9 Å². The Hall–Kier alpha value is -5.81. The molecule has 1 N–H and O–H groups in total. The number of carbonyl (C=O) groups excluding carboxylic acids is 1. The lowest BCUT2D eigenvalue weighted by atomic mass is 10.1. The molecule has 188 valence electrons. The van der Waals surface area contributed by atoms with E-state index >= 15 is 0 Å². The molecule has 0 aliphatic carbocycles. The van der Waals surface area contributed by atoms with Crippen LogP contribution >= 0.6 is 0 Å². The number of nitro groups is 1. The molecule has 5 rings (SSSR count). The molecule has 0 aliphatic heterocycles. The minimum Gasteiger partial charge on any atom is -0.321 e. The van der Waals surface area contributed by atoms with Crippen molar-refractivity contribution in [2.24, 2.45) is 0 Å². The number of carbonyl (C=O) groups is 1. The van der Waals surface area contributed by atoms with Gasteiger partial charge in [0.1, 0.15) is 11.6 Å². The van der Waals surface area contributed by atoms with E-state index in [2.05, 4.69) is 11.4 Å². The first-order chi connectivity index (χ1) is 19.0. The van der Waals surface area contributed by atoms with E-state index < -0.39 is 10.8 Å². The summed E-state index contributed by atoms with van der Waals surface area (Å²) >= 11 is 0. The van der Waals surface area contributed by atoms with Crippen LogP contribution < -0.4 is 5.32 Å². The number of benzene rings is 4. The third-order valence-electron chi connectivity index (χ3n) is 6.00. The number of anilines is 1. The van der Waals surface area contributed by atoms with Crippen molar-refractivity contribution in [2.45, 2.75) is 0 Å². The third-order valence-corrected chi connectivity index (χ3v) is 6.00. The number of nitro benzene ring substituents is 1. The Kier molecular flexibility index (Phi) is 7.06. The second kappa shape index (κ2) is 11.1. The smallest absolute Gasteiger partial charge is 0.269 e. The van der Waals surface area contributed by atoms with Gasteiger partial charge < -0.3 is 5.32 Å². The molecule has 8 heteroatoms. The fourth-order valence-corrected chi connectivity index (χ4v) is 4.03. The van der Waals surface area contributed by atoms with Crippen LogP contribution in [0.2, 0.25) is 0 Å². The van der Waals surface area contributed by atoms with E-state index in [-0.39, 0.29) is 11.3 Å². The van der Waals surface area contributed by atoms with E-state index in [4.69, 9.17) is 5.10 Å². The highest BCUT2D eigenvalue weighted by molar-refractivity contribution is 6.09. The number of aromatic nitrogens is 2. The van der Waals surface area contributed by atoms with Gasteiger partial charge in [0.2, 0.25) is 0 Å². The molecule has 0 fully saturated rings. The monoisotopic (exact) mass is 511 g/mol. The summed E-state index contributed by atoms with van der Waals surface area (Å²) in [6.45, 7) is 0. The van der Waals surface area contributed by atoms with Gasteiger partial charge in [0.25, 0.3) is 11.6 Å². The van der Waals surface area contributed by atoms with Gasteiger partial charge in [0.05, 0.1) is 22.0 Å². The Morgan fingerprint density at radius 1 is 0.872 bits per heavy atom. The lowest BCUT2D eigenvalue weighted by molar-refractivity contribution is -0.384. The van der Waals surface area contributed by atoms with Crippen LogP contribution in [0.1, 0.15) is 5.56 Å².